The van der Waals surface area contributed by atoms with Gasteiger partial charge in [0, 0.05) is 0 Å². The second-order valence-electron chi connectivity index (χ2n) is 6.08. The molecule has 3 rings (SSSR count). The van der Waals surface area contributed by atoms with Crippen molar-refractivity contribution in [3.63, 3.8) is 0 Å². The summed E-state index contributed by atoms with van der Waals surface area (Å²) in [6.07, 6.45) is -12.0. The van der Waals surface area contributed by atoms with Gasteiger partial charge in [0.1, 0.15) is 17.2 Å². The van der Waals surface area contributed by atoms with Crippen LogP contribution in [-0.4, -0.2) is 27.7 Å². The summed E-state index contributed by atoms with van der Waals surface area (Å²) in [6.45, 7) is 0.512. The first-order valence-electron chi connectivity index (χ1n) is 7.77. The van der Waals surface area contributed by atoms with E-state index in [1.54, 1.807) is 23.2 Å². The molecule has 0 amide bonds. The van der Waals surface area contributed by atoms with E-state index in [0.29, 0.717) is 10.1 Å². The molecule has 1 aromatic heterocycles. The maximum absolute atomic E-state index is 13.7. The minimum absolute atomic E-state index is 0.370. The number of hydrogen-bond acceptors (Lipinski definition) is 4. The number of hydrogen-bond donors (Lipinski definition) is 2. The molecule has 0 aliphatic carbocycles. The summed E-state index contributed by atoms with van der Waals surface area (Å²) in [6, 6.07) is 7.84. The summed E-state index contributed by atoms with van der Waals surface area (Å²) >= 11 is 0. The number of nitrogens with zero attached hydrogens (tertiary/aromatic N) is 2. The van der Waals surface area contributed by atoms with Crippen molar-refractivity contribution in [2.24, 2.45) is 4.99 Å². The van der Waals surface area contributed by atoms with Crippen molar-refractivity contribution >= 4 is 11.7 Å². The average molecular weight is 406 g/mol. The van der Waals surface area contributed by atoms with Crippen LogP contribution in [0, 0.1) is 0 Å². The van der Waals surface area contributed by atoms with E-state index in [9.17, 15) is 35.9 Å². The number of halogens is 6. The van der Waals surface area contributed by atoms with E-state index in [1.165, 1.54) is 12.1 Å². The maximum atomic E-state index is 13.7. The fourth-order valence-corrected chi connectivity index (χ4v) is 3.03. The van der Waals surface area contributed by atoms with Crippen molar-refractivity contribution in [1.29, 1.82) is 0 Å². The molecule has 1 aliphatic rings. The lowest BCUT2D eigenvalue weighted by Gasteiger charge is -2.38. The number of alkyl halides is 6. The van der Waals surface area contributed by atoms with Crippen LogP contribution in [0.1, 0.15) is 18.1 Å². The Morgan fingerprint density at radius 2 is 1.61 bits per heavy atom. The van der Waals surface area contributed by atoms with Gasteiger partial charge in [-0.15, -0.1) is 0 Å². The summed E-state index contributed by atoms with van der Waals surface area (Å²) in [4.78, 5) is 28.6. The Kier molecular flexibility index (Phi) is 4.39. The van der Waals surface area contributed by atoms with E-state index in [4.69, 9.17) is 0 Å². The minimum atomic E-state index is -5.98. The Balaban J connectivity index is 2.39. The number of aromatic amines is 1. The molecule has 28 heavy (non-hydrogen) atoms. The topological polar surface area (TPSA) is 79.2 Å². The van der Waals surface area contributed by atoms with E-state index in [2.05, 4.69) is 10.3 Å². The summed E-state index contributed by atoms with van der Waals surface area (Å²) in [5, 5.41) is 2.22. The monoisotopic (exact) mass is 406 g/mol. The van der Waals surface area contributed by atoms with Crippen LogP contribution in [0.5, 0.6) is 0 Å². The molecule has 0 saturated heterocycles. The molecule has 150 valence electrons. The van der Waals surface area contributed by atoms with Gasteiger partial charge in [-0.2, -0.15) is 26.3 Å². The molecule has 0 atom stereocenters. The number of benzene rings is 1. The van der Waals surface area contributed by atoms with Crippen LogP contribution in [-0.2, 0) is 12.1 Å². The summed E-state index contributed by atoms with van der Waals surface area (Å²) in [7, 11) is 0. The number of aromatic nitrogens is 2. The summed E-state index contributed by atoms with van der Waals surface area (Å²) < 4.78 is 82.7. The maximum Gasteiger partial charge on any atom is 0.427 e. The van der Waals surface area contributed by atoms with E-state index in [-0.39, 0.29) is 6.54 Å². The lowest BCUT2D eigenvalue weighted by atomic mass is 9.88. The van der Waals surface area contributed by atoms with Gasteiger partial charge in [-0.25, -0.2) is 9.79 Å². The van der Waals surface area contributed by atoms with E-state index in [0.717, 1.165) is 6.92 Å². The predicted octanol–water partition coefficient (Wildman–Crippen LogP) is 2.75. The summed E-state index contributed by atoms with van der Waals surface area (Å²) in [5.41, 5.74) is -9.08. The molecule has 2 aromatic rings. The van der Waals surface area contributed by atoms with Crippen molar-refractivity contribution in [2.75, 3.05) is 5.32 Å². The van der Waals surface area contributed by atoms with Crippen molar-refractivity contribution in [3.05, 3.63) is 62.3 Å². The average Bonchev–Trinajstić information content (AvgIpc) is 2.56. The van der Waals surface area contributed by atoms with E-state index >= 15 is 0 Å². The fraction of sp³-hybridized carbons (Fsp3) is 0.312. The number of rotatable bonds is 2. The predicted molar refractivity (Wildman–Crippen MR) is 87.4 cm³/mol. The van der Waals surface area contributed by atoms with Gasteiger partial charge in [0.2, 0.25) is 0 Å². The molecule has 6 nitrogen and oxygen atoms in total. The molecule has 0 bridgehead atoms. The molecular weight excluding hydrogens is 394 g/mol. The second-order valence-corrected chi connectivity index (χ2v) is 6.08. The fourth-order valence-electron chi connectivity index (χ4n) is 3.03. The molecule has 0 unspecified atom stereocenters. The second kappa shape index (κ2) is 6.24. The Hall–Kier alpha value is -3.05. The van der Waals surface area contributed by atoms with Crippen LogP contribution in [0.2, 0.25) is 0 Å². The van der Waals surface area contributed by atoms with Crippen LogP contribution in [0.15, 0.2) is 44.9 Å². The molecule has 1 aliphatic heterocycles. The molecule has 2 N–H and O–H groups in total. The van der Waals surface area contributed by atoms with Gasteiger partial charge in [0.25, 0.3) is 11.1 Å². The first-order valence-corrected chi connectivity index (χ1v) is 7.77. The van der Waals surface area contributed by atoms with Gasteiger partial charge in [-0.1, -0.05) is 30.3 Å². The van der Waals surface area contributed by atoms with Gasteiger partial charge in [-0.05, 0) is 12.5 Å². The molecule has 0 spiro atoms. The Bertz CT molecular complexity index is 1040. The number of fused-ring (bicyclic) bond motifs is 1. The lowest BCUT2D eigenvalue weighted by Crippen LogP contribution is -2.59. The van der Waals surface area contributed by atoms with Crippen molar-refractivity contribution in [1.82, 2.24) is 9.55 Å². The van der Waals surface area contributed by atoms with Crippen LogP contribution >= 0.6 is 0 Å². The van der Waals surface area contributed by atoms with E-state index in [1.807, 2.05) is 0 Å². The quantitative estimate of drug-likeness (QED) is 0.753. The molecule has 0 radical (unpaired) electrons. The van der Waals surface area contributed by atoms with Crippen LogP contribution in [0.25, 0.3) is 0 Å². The van der Waals surface area contributed by atoms with Gasteiger partial charge >= 0.3 is 18.0 Å². The van der Waals surface area contributed by atoms with Crippen LogP contribution in [0.4, 0.5) is 32.2 Å². The zero-order valence-electron chi connectivity index (χ0n) is 14.1. The van der Waals surface area contributed by atoms with Gasteiger partial charge in [0.05, 0.1) is 6.54 Å². The highest BCUT2D eigenvalue weighted by molar-refractivity contribution is 5.96. The first kappa shape index (κ1) is 19.7. The van der Waals surface area contributed by atoms with Gasteiger partial charge in [0.15, 0.2) is 0 Å². The molecular formula is C16H12F6N4O2. The third-order valence-electron chi connectivity index (χ3n) is 4.20. The lowest BCUT2D eigenvalue weighted by molar-refractivity contribution is -0.301. The highest BCUT2D eigenvalue weighted by Gasteiger charge is 2.75. The number of anilines is 1. The molecule has 0 fully saturated rings. The largest absolute Gasteiger partial charge is 0.427 e. The summed E-state index contributed by atoms with van der Waals surface area (Å²) in [5.74, 6) is -1.64. The van der Waals surface area contributed by atoms with Gasteiger partial charge in [-0.3, -0.25) is 14.3 Å². The Morgan fingerprint density at radius 1 is 1.04 bits per heavy atom. The normalized spacial score (nSPS) is 16.2. The van der Waals surface area contributed by atoms with Gasteiger partial charge < -0.3 is 5.32 Å². The third-order valence-corrected chi connectivity index (χ3v) is 4.20. The zero-order valence-corrected chi connectivity index (χ0v) is 14.1. The number of aliphatic imine (C=N–C) groups is 1. The van der Waals surface area contributed by atoms with Crippen LogP contribution < -0.4 is 16.6 Å². The highest BCUT2D eigenvalue weighted by atomic mass is 19.4. The standard InChI is InChI=1S/C16H12F6N4O2/c1-8-23-11-10(14(25-8,15(17,18)19)16(20,21)22)12(27)24-13(28)26(11)7-9-5-3-2-4-6-9/h2-6H,7H2,1H3,(H,23,25)(H,24,27,28). The zero-order chi connectivity index (χ0) is 20.9. The minimum Gasteiger partial charge on any atom is -0.330 e. The number of amidine groups is 1. The number of nitrogens with one attached hydrogen (secondary N) is 2. The molecule has 1 aromatic carbocycles. The molecule has 12 heteroatoms. The Morgan fingerprint density at radius 3 is 2.14 bits per heavy atom. The highest BCUT2D eigenvalue weighted by Crippen LogP contribution is 2.54. The van der Waals surface area contributed by atoms with Crippen molar-refractivity contribution < 1.29 is 26.3 Å². The van der Waals surface area contributed by atoms with Crippen molar-refractivity contribution in [3.8, 4) is 0 Å². The number of H-pyrrole nitrogens is 1. The smallest absolute Gasteiger partial charge is 0.330 e. The molecule has 0 saturated carbocycles. The Labute approximate surface area is 152 Å². The third kappa shape index (κ3) is 2.88. The van der Waals surface area contributed by atoms with Crippen LogP contribution in [0.3, 0.4) is 0 Å². The van der Waals surface area contributed by atoms with E-state index < -0.39 is 46.4 Å². The molecule has 2 heterocycles. The van der Waals surface area contributed by atoms with Crippen molar-refractivity contribution in [2.45, 2.75) is 31.4 Å². The first-order chi connectivity index (χ1) is 12.9. The SMILES string of the molecule is CC1=NC(C(F)(F)F)(C(F)(F)F)c2c(n(Cc3ccccc3)c(=O)[nH]c2=O)N1.